The third-order valence-electron chi connectivity index (χ3n) is 7.44. The number of likely N-dealkylation sites (tertiary alicyclic amines) is 1. The average Bonchev–Trinajstić information content (AvgIpc) is 3.43. The molecule has 2 fully saturated rings. The summed E-state index contributed by atoms with van der Waals surface area (Å²) in [7, 11) is 0. The molecular weight excluding hydrogens is 541 g/mol. The summed E-state index contributed by atoms with van der Waals surface area (Å²) in [5, 5.41) is 18.9. The number of ether oxygens (including phenoxy) is 1. The van der Waals surface area contributed by atoms with Gasteiger partial charge in [0.25, 0.3) is 5.92 Å². The molecule has 0 radical (unpaired) electrons. The molecule has 0 aliphatic carbocycles. The standard InChI is InChI=1S/C26H34F5N5O2S/c27-25(28)4-6-35(17-25)9-12-39-23-13-18(1-2-21(23)26(29,30)31)24-20-14-32-5-3-22(20)36(33-24)16-19(37)15-34-7-10-38-11-8-34/h1-2,13,19,32,37H,3-12,14-17H2. The van der Waals surface area contributed by atoms with Gasteiger partial charge in [-0.1, -0.05) is 6.07 Å². The Hall–Kier alpha value is -1.77. The molecule has 0 amide bonds. The molecule has 1 atom stereocenters. The van der Waals surface area contributed by atoms with Gasteiger partial charge in [-0.15, -0.1) is 11.8 Å². The maximum atomic E-state index is 13.8. The van der Waals surface area contributed by atoms with Gasteiger partial charge in [0.2, 0.25) is 0 Å². The minimum absolute atomic E-state index is 0.0605. The molecule has 1 aromatic carbocycles. The Morgan fingerprint density at radius 3 is 2.64 bits per heavy atom. The fourth-order valence-corrected chi connectivity index (χ4v) is 6.57. The number of hydrogen-bond acceptors (Lipinski definition) is 7. The summed E-state index contributed by atoms with van der Waals surface area (Å²) in [6.07, 6.45) is -4.70. The lowest BCUT2D eigenvalue weighted by molar-refractivity contribution is -0.139. The van der Waals surface area contributed by atoms with E-state index in [1.54, 1.807) is 9.58 Å². The van der Waals surface area contributed by atoms with Gasteiger partial charge in [0.15, 0.2) is 0 Å². The molecule has 2 saturated heterocycles. The van der Waals surface area contributed by atoms with E-state index in [0.717, 1.165) is 48.7 Å². The number of halogens is 5. The number of fused-ring (bicyclic) bond motifs is 1. The molecule has 3 aliphatic rings. The number of nitrogens with one attached hydrogen (secondary N) is 1. The number of rotatable bonds is 9. The second kappa shape index (κ2) is 12.0. The third-order valence-corrected chi connectivity index (χ3v) is 8.47. The van der Waals surface area contributed by atoms with Crippen LogP contribution >= 0.6 is 11.8 Å². The van der Waals surface area contributed by atoms with Crippen LogP contribution in [0, 0.1) is 0 Å². The molecule has 0 bridgehead atoms. The Labute approximate surface area is 228 Å². The van der Waals surface area contributed by atoms with Gasteiger partial charge in [-0.25, -0.2) is 8.78 Å². The fourth-order valence-electron chi connectivity index (χ4n) is 5.45. The first-order chi connectivity index (χ1) is 18.6. The average molecular weight is 576 g/mol. The van der Waals surface area contributed by atoms with Crippen molar-refractivity contribution in [1.29, 1.82) is 0 Å². The highest BCUT2D eigenvalue weighted by molar-refractivity contribution is 7.99. The zero-order chi connectivity index (χ0) is 27.6. The Bertz CT molecular complexity index is 1140. The predicted octanol–water partition coefficient (Wildman–Crippen LogP) is 3.34. The first-order valence-corrected chi connectivity index (χ1v) is 14.3. The van der Waals surface area contributed by atoms with Crippen molar-refractivity contribution in [3.63, 3.8) is 0 Å². The minimum atomic E-state index is -4.54. The van der Waals surface area contributed by atoms with Crippen LogP contribution in [0.3, 0.4) is 0 Å². The maximum absolute atomic E-state index is 13.8. The molecule has 216 valence electrons. The van der Waals surface area contributed by atoms with Gasteiger partial charge < -0.3 is 15.2 Å². The lowest BCUT2D eigenvalue weighted by Crippen LogP contribution is -2.42. The molecule has 1 aromatic heterocycles. The van der Waals surface area contributed by atoms with Crippen LogP contribution in [-0.4, -0.2) is 101 Å². The summed E-state index contributed by atoms with van der Waals surface area (Å²) in [5.41, 5.74) is 2.34. The van der Waals surface area contributed by atoms with Crippen molar-refractivity contribution in [3.8, 4) is 11.3 Å². The van der Waals surface area contributed by atoms with E-state index in [9.17, 15) is 27.1 Å². The normalized spacial score (nSPS) is 21.3. The molecular formula is C26H34F5N5O2S. The van der Waals surface area contributed by atoms with Crippen LogP contribution in [-0.2, 0) is 30.4 Å². The molecule has 7 nitrogen and oxygen atoms in total. The summed E-state index contributed by atoms with van der Waals surface area (Å²) in [6, 6.07) is 4.04. The van der Waals surface area contributed by atoms with Gasteiger partial charge >= 0.3 is 6.18 Å². The molecule has 2 N–H and O–H groups in total. The van der Waals surface area contributed by atoms with Crippen molar-refractivity contribution in [2.45, 2.75) is 49.0 Å². The van der Waals surface area contributed by atoms with Gasteiger partial charge in [-0.2, -0.15) is 18.3 Å². The van der Waals surface area contributed by atoms with E-state index < -0.39 is 23.8 Å². The highest BCUT2D eigenvalue weighted by Gasteiger charge is 2.38. The summed E-state index contributed by atoms with van der Waals surface area (Å²) in [5.74, 6) is -2.46. The Morgan fingerprint density at radius 1 is 1.13 bits per heavy atom. The molecule has 2 aromatic rings. The smallest absolute Gasteiger partial charge is 0.390 e. The van der Waals surface area contributed by atoms with Gasteiger partial charge in [-0.3, -0.25) is 14.5 Å². The second-order valence-electron chi connectivity index (χ2n) is 10.4. The molecule has 4 heterocycles. The van der Waals surface area contributed by atoms with Crippen LogP contribution in [0.15, 0.2) is 23.1 Å². The quantitative estimate of drug-likeness (QED) is 0.351. The van der Waals surface area contributed by atoms with Gasteiger partial charge in [-0.05, 0) is 12.1 Å². The molecule has 0 spiro atoms. The fraction of sp³-hybridized carbons (Fsp3) is 0.654. The first-order valence-electron chi connectivity index (χ1n) is 13.3. The van der Waals surface area contributed by atoms with E-state index in [4.69, 9.17) is 9.84 Å². The number of morpholine rings is 1. The summed E-state index contributed by atoms with van der Waals surface area (Å²) in [6.45, 7) is 5.05. The van der Waals surface area contributed by atoms with E-state index in [1.165, 1.54) is 12.1 Å². The van der Waals surface area contributed by atoms with Crippen molar-refractivity contribution in [2.24, 2.45) is 0 Å². The van der Waals surface area contributed by atoms with Crippen molar-refractivity contribution in [1.82, 2.24) is 24.9 Å². The van der Waals surface area contributed by atoms with E-state index in [0.29, 0.717) is 50.5 Å². The zero-order valence-corrected chi connectivity index (χ0v) is 22.5. The molecule has 13 heteroatoms. The summed E-state index contributed by atoms with van der Waals surface area (Å²) >= 11 is 1.03. The van der Waals surface area contributed by atoms with E-state index in [-0.39, 0.29) is 36.7 Å². The van der Waals surface area contributed by atoms with Crippen LogP contribution in [0.1, 0.15) is 23.2 Å². The van der Waals surface area contributed by atoms with E-state index in [2.05, 4.69) is 10.2 Å². The predicted molar refractivity (Wildman–Crippen MR) is 138 cm³/mol. The number of hydrogen-bond donors (Lipinski definition) is 2. The summed E-state index contributed by atoms with van der Waals surface area (Å²) in [4.78, 5) is 3.80. The Kier molecular flexibility index (Phi) is 8.84. The van der Waals surface area contributed by atoms with Crippen LogP contribution < -0.4 is 5.32 Å². The summed E-state index contributed by atoms with van der Waals surface area (Å²) < 4.78 is 75.7. The molecule has 39 heavy (non-hydrogen) atoms. The van der Waals surface area contributed by atoms with Crippen molar-refractivity contribution >= 4 is 11.8 Å². The van der Waals surface area contributed by atoms with Crippen LogP contribution in [0.5, 0.6) is 0 Å². The number of aliphatic hydroxyl groups excluding tert-OH is 1. The second-order valence-corrected chi connectivity index (χ2v) is 11.5. The first kappa shape index (κ1) is 28.7. The number of alkyl halides is 5. The number of thioether (sulfide) groups is 1. The monoisotopic (exact) mass is 575 g/mol. The zero-order valence-electron chi connectivity index (χ0n) is 21.7. The maximum Gasteiger partial charge on any atom is 0.417 e. The minimum Gasteiger partial charge on any atom is -0.390 e. The molecule has 5 rings (SSSR count). The lowest BCUT2D eigenvalue weighted by Gasteiger charge is -2.28. The number of nitrogens with zero attached hydrogens (tertiary/aromatic N) is 4. The van der Waals surface area contributed by atoms with Crippen LogP contribution in [0.2, 0.25) is 0 Å². The van der Waals surface area contributed by atoms with E-state index in [1.807, 2.05) is 0 Å². The third kappa shape index (κ3) is 7.12. The SMILES string of the molecule is OC(CN1CCOCC1)Cn1nc(-c2ccc(C(F)(F)F)c(SCCN3CCC(F)(F)C3)c2)c2c1CCNC2. The van der Waals surface area contributed by atoms with E-state index >= 15 is 0 Å². The van der Waals surface area contributed by atoms with Crippen molar-refractivity contribution in [3.05, 3.63) is 35.0 Å². The molecule has 0 saturated carbocycles. The highest BCUT2D eigenvalue weighted by Crippen LogP contribution is 2.40. The van der Waals surface area contributed by atoms with Gasteiger partial charge in [0, 0.05) is 86.1 Å². The number of aromatic nitrogens is 2. The number of benzene rings is 1. The molecule has 3 aliphatic heterocycles. The van der Waals surface area contributed by atoms with Gasteiger partial charge in [0.05, 0.1) is 43.7 Å². The Morgan fingerprint density at radius 2 is 1.92 bits per heavy atom. The lowest BCUT2D eigenvalue weighted by atomic mass is 10.0. The van der Waals surface area contributed by atoms with Crippen molar-refractivity contribution in [2.75, 3.05) is 64.8 Å². The molecule has 1 unspecified atom stereocenters. The van der Waals surface area contributed by atoms with Crippen LogP contribution in [0.25, 0.3) is 11.3 Å². The number of aliphatic hydroxyl groups is 1. The topological polar surface area (TPSA) is 65.8 Å². The Balaban J connectivity index is 1.36. The number of β-amino-alcohol motifs (C(OH)–C–C–N with tert-alkyl or cyclic N) is 1. The largest absolute Gasteiger partial charge is 0.417 e. The van der Waals surface area contributed by atoms with Crippen LogP contribution in [0.4, 0.5) is 22.0 Å². The van der Waals surface area contributed by atoms with Gasteiger partial charge in [0.1, 0.15) is 0 Å². The van der Waals surface area contributed by atoms with Crippen molar-refractivity contribution < 1.29 is 31.8 Å². The highest BCUT2D eigenvalue weighted by atomic mass is 32.2.